The molecule has 148 valence electrons. The van der Waals surface area contributed by atoms with Crippen LogP contribution in [0.2, 0.25) is 0 Å². The number of nitrogens with zero attached hydrogens (tertiary/aromatic N) is 2. The summed E-state index contributed by atoms with van der Waals surface area (Å²) < 4.78 is 72.8. The summed E-state index contributed by atoms with van der Waals surface area (Å²) >= 11 is 0. The molecule has 0 bridgehead atoms. The predicted molar refractivity (Wildman–Crippen MR) is 91.6 cm³/mol. The number of hydrogen-bond acceptors (Lipinski definition) is 4. The van der Waals surface area contributed by atoms with Gasteiger partial charge in [0.1, 0.15) is 0 Å². The van der Waals surface area contributed by atoms with Gasteiger partial charge in [-0.05, 0) is 24.1 Å². The fourth-order valence-corrected chi connectivity index (χ4v) is 4.02. The molecule has 1 aliphatic rings. The first-order valence-corrected chi connectivity index (χ1v) is 10.0. The minimum Gasteiger partial charge on any atom is -0.376 e. The first kappa shape index (κ1) is 19.8. The molecule has 0 saturated carbocycles. The van der Waals surface area contributed by atoms with Crippen LogP contribution in [0.25, 0.3) is 0 Å². The lowest BCUT2D eigenvalue weighted by Crippen LogP contribution is -2.28. The predicted octanol–water partition coefficient (Wildman–Crippen LogP) is 2.52. The molecule has 10 heteroatoms. The highest BCUT2D eigenvalue weighted by Gasteiger charge is 2.39. The molecule has 1 aromatic carbocycles. The van der Waals surface area contributed by atoms with Gasteiger partial charge in [-0.25, -0.2) is 13.1 Å². The van der Waals surface area contributed by atoms with Crippen LogP contribution in [-0.4, -0.2) is 31.3 Å². The molecule has 6 nitrogen and oxygen atoms in total. The van der Waals surface area contributed by atoms with Crippen LogP contribution in [-0.2, 0) is 46.9 Å². The standard InChI is InChI=1S/C17H20F3N3O3S/c1-2-12-3-5-13(6-4-12)27(24,25)21-8-9-23-15-7-10-26-11-14(15)16(22-23)17(18,19)20/h3-6,21H,2,7-11H2,1H3. The van der Waals surface area contributed by atoms with Gasteiger partial charge in [0.15, 0.2) is 5.69 Å². The molecule has 0 spiro atoms. The van der Waals surface area contributed by atoms with Crippen LogP contribution < -0.4 is 4.72 Å². The molecule has 1 N–H and O–H groups in total. The molecule has 2 aromatic rings. The number of nitrogens with one attached hydrogen (secondary N) is 1. The van der Waals surface area contributed by atoms with Crippen molar-refractivity contribution < 1.29 is 26.3 Å². The number of aromatic nitrogens is 2. The van der Waals surface area contributed by atoms with Crippen molar-refractivity contribution in [2.45, 2.75) is 44.0 Å². The van der Waals surface area contributed by atoms with Gasteiger partial charge >= 0.3 is 6.18 Å². The van der Waals surface area contributed by atoms with Gasteiger partial charge in [-0.1, -0.05) is 19.1 Å². The number of ether oxygens (including phenoxy) is 1. The Labute approximate surface area is 155 Å². The van der Waals surface area contributed by atoms with E-state index in [0.717, 1.165) is 12.0 Å². The number of aryl methyl sites for hydroxylation is 1. The van der Waals surface area contributed by atoms with Crippen LogP contribution in [0.1, 0.15) is 29.4 Å². The van der Waals surface area contributed by atoms with Gasteiger partial charge in [0.25, 0.3) is 0 Å². The van der Waals surface area contributed by atoms with Crippen molar-refractivity contribution in [3.8, 4) is 0 Å². The van der Waals surface area contributed by atoms with Crippen LogP contribution in [0.3, 0.4) is 0 Å². The number of halogens is 3. The van der Waals surface area contributed by atoms with Crippen molar-refractivity contribution in [3.05, 3.63) is 46.8 Å². The molecule has 0 amide bonds. The quantitative estimate of drug-likeness (QED) is 0.805. The fourth-order valence-electron chi connectivity index (χ4n) is 2.99. The van der Waals surface area contributed by atoms with E-state index in [9.17, 15) is 21.6 Å². The molecule has 0 atom stereocenters. The summed E-state index contributed by atoms with van der Waals surface area (Å²) in [5.41, 5.74) is 0.529. The van der Waals surface area contributed by atoms with Crippen LogP contribution in [0.15, 0.2) is 29.2 Å². The minimum absolute atomic E-state index is 0.00465. The fraction of sp³-hybridized carbons (Fsp3) is 0.471. The Morgan fingerprint density at radius 3 is 2.59 bits per heavy atom. The number of hydrogen-bond donors (Lipinski definition) is 1. The second-order valence-corrected chi connectivity index (χ2v) is 7.96. The first-order chi connectivity index (χ1) is 12.7. The summed E-state index contributed by atoms with van der Waals surface area (Å²) in [6, 6.07) is 6.48. The van der Waals surface area contributed by atoms with Gasteiger partial charge in [-0.15, -0.1) is 0 Å². The van der Waals surface area contributed by atoms with Gasteiger partial charge in [0.05, 0.1) is 24.7 Å². The van der Waals surface area contributed by atoms with Crippen molar-refractivity contribution in [1.82, 2.24) is 14.5 Å². The van der Waals surface area contributed by atoms with E-state index < -0.39 is 21.9 Å². The molecule has 0 fully saturated rings. The van der Waals surface area contributed by atoms with Gasteiger partial charge in [0, 0.05) is 24.2 Å². The SMILES string of the molecule is CCc1ccc(S(=O)(=O)NCCn2nc(C(F)(F)F)c3c2CCOC3)cc1. The number of fused-ring (bicyclic) bond motifs is 1. The maximum absolute atomic E-state index is 13.1. The number of benzene rings is 1. The maximum atomic E-state index is 13.1. The number of alkyl halides is 3. The average molecular weight is 403 g/mol. The van der Waals surface area contributed by atoms with Crippen molar-refractivity contribution in [2.75, 3.05) is 13.2 Å². The lowest BCUT2D eigenvalue weighted by atomic mass is 10.1. The van der Waals surface area contributed by atoms with E-state index in [2.05, 4.69) is 9.82 Å². The number of sulfonamides is 1. The van der Waals surface area contributed by atoms with E-state index in [1.54, 1.807) is 12.1 Å². The zero-order valence-corrected chi connectivity index (χ0v) is 15.5. The van der Waals surface area contributed by atoms with Crippen LogP contribution in [0.5, 0.6) is 0 Å². The summed E-state index contributed by atoms with van der Waals surface area (Å²) in [5, 5.41) is 3.65. The molecular weight excluding hydrogens is 383 g/mol. The van der Waals surface area contributed by atoms with Gasteiger partial charge in [0.2, 0.25) is 10.0 Å². The van der Waals surface area contributed by atoms with E-state index in [1.807, 2.05) is 6.92 Å². The molecular formula is C17H20F3N3O3S. The topological polar surface area (TPSA) is 73.2 Å². The lowest BCUT2D eigenvalue weighted by Gasteiger charge is -2.15. The molecule has 0 radical (unpaired) electrons. The summed E-state index contributed by atoms with van der Waals surface area (Å²) in [7, 11) is -3.74. The monoisotopic (exact) mass is 403 g/mol. The Kier molecular flexibility index (Phi) is 5.59. The molecule has 1 aromatic heterocycles. The highest BCUT2D eigenvalue weighted by Crippen LogP contribution is 2.34. The van der Waals surface area contributed by atoms with Gasteiger partial charge in [-0.3, -0.25) is 4.68 Å². The third-order valence-corrected chi connectivity index (χ3v) is 5.90. The minimum atomic E-state index is -4.57. The van der Waals surface area contributed by atoms with E-state index in [1.165, 1.54) is 16.8 Å². The zero-order chi connectivity index (χ0) is 19.7. The first-order valence-electron chi connectivity index (χ1n) is 8.54. The largest absolute Gasteiger partial charge is 0.435 e. The van der Waals surface area contributed by atoms with Crippen molar-refractivity contribution in [3.63, 3.8) is 0 Å². The Morgan fingerprint density at radius 1 is 1.26 bits per heavy atom. The molecule has 1 aliphatic heterocycles. The average Bonchev–Trinajstić information content (AvgIpc) is 3.01. The third kappa shape index (κ3) is 4.33. The highest BCUT2D eigenvalue weighted by molar-refractivity contribution is 7.89. The van der Waals surface area contributed by atoms with Crippen molar-refractivity contribution in [1.29, 1.82) is 0 Å². The van der Waals surface area contributed by atoms with Crippen LogP contribution >= 0.6 is 0 Å². The number of rotatable bonds is 6. The Balaban J connectivity index is 1.72. The Morgan fingerprint density at radius 2 is 1.96 bits per heavy atom. The summed E-state index contributed by atoms with van der Waals surface area (Å²) in [5.74, 6) is 0. The van der Waals surface area contributed by atoms with Gasteiger partial charge in [-0.2, -0.15) is 18.3 Å². The molecule has 27 heavy (non-hydrogen) atoms. The summed E-state index contributed by atoms with van der Waals surface area (Å²) in [6.45, 7) is 2.08. The molecule has 3 rings (SSSR count). The molecule has 0 unspecified atom stereocenters. The van der Waals surface area contributed by atoms with Crippen LogP contribution in [0.4, 0.5) is 13.2 Å². The van der Waals surface area contributed by atoms with Crippen molar-refractivity contribution >= 4 is 10.0 Å². The lowest BCUT2D eigenvalue weighted by molar-refractivity contribution is -0.142. The van der Waals surface area contributed by atoms with E-state index in [4.69, 9.17) is 4.74 Å². The normalized spacial score (nSPS) is 15.0. The Hall–Kier alpha value is -1.91. The summed E-state index contributed by atoms with van der Waals surface area (Å²) in [4.78, 5) is 0.117. The highest BCUT2D eigenvalue weighted by atomic mass is 32.2. The third-order valence-electron chi connectivity index (χ3n) is 4.42. The second kappa shape index (κ2) is 7.61. The van der Waals surface area contributed by atoms with E-state index in [-0.39, 0.29) is 30.2 Å². The van der Waals surface area contributed by atoms with Crippen molar-refractivity contribution in [2.24, 2.45) is 0 Å². The Bertz CT molecular complexity index is 906. The summed E-state index contributed by atoms with van der Waals surface area (Å²) in [6.07, 6.45) is -3.47. The maximum Gasteiger partial charge on any atom is 0.435 e. The van der Waals surface area contributed by atoms with Gasteiger partial charge < -0.3 is 4.74 Å². The second-order valence-electron chi connectivity index (χ2n) is 6.19. The smallest absolute Gasteiger partial charge is 0.376 e. The molecule has 2 heterocycles. The molecule has 0 aliphatic carbocycles. The molecule has 0 saturated heterocycles. The zero-order valence-electron chi connectivity index (χ0n) is 14.7. The van der Waals surface area contributed by atoms with E-state index >= 15 is 0 Å². The van der Waals surface area contributed by atoms with E-state index in [0.29, 0.717) is 18.7 Å². The van der Waals surface area contributed by atoms with Crippen LogP contribution in [0, 0.1) is 0 Å².